The topological polar surface area (TPSA) is 51.0 Å². The van der Waals surface area contributed by atoms with Gasteiger partial charge in [-0.1, -0.05) is 6.07 Å². The van der Waals surface area contributed by atoms with E-state index in [0.717, 1.165) is 37.6 Å². The van der Waals surface area contributed by atoms with Crippen LogP contribution in [0.5, 0.6) is 0 Å². The van der Waals surface area contributed by atoms with Gasteiger partial charge in [-0.15, -0.1) is 0 Å². The average Bonchev–Trinajstić information content (AvgIpc) is 2.48. The third-order valence-corrected chi connectivity index (χ3v) is 4.60. The van der Waals surface area contributed by atoms with Crippen molar-refractivity contribution < 1.29 is 0 Å². The fourth-order valence-electron chi connectivity index (χ4n) is 3.59. The molecule has 4 heterocycles. The quantitative estimate of drug-likeness (QED) is 0.755. The number of pyridine rings is 1. The monoisotopic (exact) mass is 302 g/mol. The van der Waals surface area contributed by atoms with E-state index >= 15 is 0 Å². The molecule has 4 rings (SSSR count). The van der Waals surface area contributed by atoms with Crippen LogP contribution in [0.25, 0.3) is 0 Å². The van der Waals surface area contributed by atoms with Crippen LogP contribution in [0.15, 0.2) is 35.3 Å². The SMILES string of the molecule is O=c1cccc2n1C[C@H]1C[C@@H]2CN(c2ccnc(Cl)n2)C1. The first-order valence-corrected chi connectivity index (χ1v) is 7.52. The van der Waals surface area contributed by atoms with Gasteiger partial charge in [0.15, 0.2) is 0 Å². The van der Waals surface area contributed by atoms with Crippen molar-refractivity contribution in [3.63, 3.8) is 0 Å². The molecular formula is C15H15ClN4O. The number of nitrogens with zero attached hydrogens (tertiary/aromatic N) is 4. The van der Waals surface area contributed by atoms with Crippen LogP contribution < -0.4 is 10.5 Å². The van der Waals surface area contributed by atoms with Crippen molar-refractivity contribution in [2.75, 3.05) is 18.0 Å². The zero-order chi connectivity index (χ0) is 14.4. The maximum absolute atomic E-state index is 12.0. The van der Waals surface area contributed by atoms with Gasteiger partial charge in [0.05, 0.1) is 0 Å². The Bertz CT molecular complexity index is 744. The van der Waals surface area contributed by atoms with Crippen LogP contribution in [0.2, 0.25) is 5.28 Å². The van der Waals surface area contributed by atoms with Gasteiger partial charge in [0.1, 0.15) is 5.82 Å². The van der Waals surface area contributed by atoms with E-state index in [0.29, 0.717) is 11.8 Å². The third kappa shape index (κ3) is 2.21. The average molecular weight is 303 g/mol. The summed E-state index contributed by atoms with van der Waals surface area (Å²) in [5.41, 5.74) is 1.25. The molecular weight excluding hydrogens is 288 g/mol. The molecule has 0 aromatic carbocycles. The Morgan fingerprint density at radius 2 is 2.10 bits per heavy atom. The molecule has 2 aliphatic rings. The Morgan fingerprint density at radius 3 is 2.95 bits per heavy atom. The molecule has 0 amide bonds. The van der Waals surface area contributed by atoms with Crippen LogP contribution in [0.1, 0.15) is 18.0 Å². The summed E-state index contributed by atoms with van der Waals surface area (Å²) in [5.74, 6) is 1.72. The van der Waals surface area contributed by atoms with Gasteiger partial charge >= 0.3 is 0 Å². The highest BCUT2D eigenvalue weighted by Crippen LogP contribution is 2.36. The van der Waals surface area contributed by atoms with E-state index in [1.54, 1.807) is 12.3 Å². The summed E-state index contributed by atoms with van der Waals surface area (Å²) in [6.45, 7) is 2.57. The van der Waals surface area contributed by atoms with E-state index in [1.165, 1.54) is 0 Å². The van der Waals surface area contributed by atoms with Crippen molar-refractivity contribution >= 4 is 17.4 Å². The number of hydrogen-bond acceptors (Lipinski definition) is 4. The second kappa shape index (κ2) is 4.84. The molecule has 0 radical (unpaired) electrons. The van der Waals surface area contributed by atoms with E-state index < -0.39 is 0 Å². The first-order valence-electron chi connectivity index (χ1n) is 7.14. The van der Waals surface area contributed by atoms with Gasteiger partial charge < -0.3 is 9.47 Å². The van der Waals surface area contributed by atoms with Crippen LogP contribution in [0.4, 0.5) is 5.82 Å². The lowest BCUT2D eigenvalue weighted by Crippen LogP contribution is -2.47. The summed E-state index contributed by atoms with van der Waals surface area (Å²) < 4.78 is 1.93. The zero-order valence-electron chi connectivity index (χ0n) is 11.4. The predicted molar refractivity (Wildman–Crippen MR) is 80.8 cm³/mol. The summed E-state index contributed by atoms with van der Waals surface area (Å²) in [7, 11) is 0. The Kier molecular flexibility index (Phi) is 2.96. The minimum Gasteiger partial charge on any atom is -0.355 e. The molecule has 0 N–H and O–H groups in total. The number of anilines is 1. The highest BCUT2D eigenvalue weighted by Gasteiger charge is 2.34. The van der Waals surface area contributed by atoms with Crippen LogP contribution in [-0.4, -0.2) is 27.6 Å². The Morgan fingerprint density at radius 1 is 1.19 bits per heavy atom. The first-order chi connectivity index (χ1) is 10.2. The molecule has 2 aromatic rings. The van der Waals surface area contributed by atoms with Gasteiger partial charge in [-0.3, -0.25) is 4.79 Å². The van der Waals surface area contributed by atoms with Crippen LogP contribution >= 0.6 is 11.6 Å². The van der Waals surface area contributed by atoms with Crippen molar-refractivity contribution in [1.29, 1.82) is 0 Å². The second-order valence-electron chi connectivity index (χ2n) is 5.79. The molecule has 1 saturated heterocycles. The van der Waals surface area contributed by atoms with Gasteiger partial charge in [0.2, 0.25) is 5.28 Å². The standard InChI is InChI=1S/C15H15ClN4O/c16-15-17-5-4-13(18-15)19-7-10-6-11(9-19)12-2-1-3-14(21)20(12)8-10/h1-5,10-11H,6-9H2/t10-,11+/m0/s1. The van der Waals surface area contributed by atoms with Crippen molar-refractivity contribution in [3.8, 4) is 0 Å². The zero-order valence-corrected chi connectivity index (χ0v) is 12.2. The Labute approximate surface area is 127 Å². The first kappa shape index (κ1) is 12.8. The lowest BCUT2D eigenvalue weighted by atomic mass is 9.83. The van der Waals surface area contributed by atoms with Gasteiger partial charge in [-0.2, -0.15) is 0 Å². The van der Waals surface area contributed by atoms with E-state index in [2.05, 4.69) is 20.9 Å². The van der Waals surface area contributed by atoms with E-state index in [1.807, 2.05) is 16.7 Å². The Hall–Kier alpha value is -1.88. The Balaban J connectivity index is 1.70. The lowest BCUT2D eigenvalue weighted by Gasteiger charge is -2.43. The molecule has 0 spiro atoms. The molecule has 21 heavy (non-hydrogen) atoms. The molecule has 2 atom stereocenters. The van der Waals surface area contributed by atoms with Crippen LogP contribution in [-0.2, 0) is 6.54 Å². The molecule has 2 bridgehead atoms. The highest BCUT2D eigenvalue weighted by atomic mass is 35.5. The summed E-state index contributed by atoms with van der Waals surface area (Å²) >= 11 is 5.89. The molecule has 0 aliphatic carbocycles. The molecule has 6 heteroatoms. The van der Waals surface area contributed by atoms with Gasteiger partial charge in [0, 0.05) is 43.5 Å². The van der Waals surface area contributed by atoms with E-state index in [9.17, 15) is 4.79 Å². The van der Waals surface area contributed by atoms with E-state index in [4.69, 9.17) is 11.6 Å². The maximum Gasteiger partial charge on any atom is 0.250 e. The largest absolute Gasteiger partial charge is 0.355 e. The maximum atomic E-state index is 12.0. The molecule has 2 aromatic heterocycles. The normalized spacial score (nSPS) is 23.8. The fraction of sp³-hybridized carbons (Fsp3) is 0.400. The third-order valence-electron chi connectivity index (χ3n) is 4.42. The molecule has 1 fully saturated rings. The van der Waals surface area contributed by atoms with Crippen molar-refractivity contribution in [3.05, 3.63) is 51.8 Å². The van der Waals surface area contributed by atoms with Crippen molar-refractivity contribution in [2.45, 2.75) is 18.9 Å². The summed E-state index contributed by atoms with van der Waals surface area (Å²) in [6.07, 6.45) is 2.83. The van der Waals surface area contributed by atoms with Gasteiger partial charge in [0.25, 0.3) is 5.56 Å². The smallest absolute Gasteiger partial charge is 0.250 e. The van der Waals surface area contributed by atoms with Crippen molar-refractivity contribution in [2.24, 2.45) is 5.92 Å². The number of hydrogen-bond donors (Lipinski definition) is 0. The number of aromatic nitrogens is 3. The second-order valence-corrected chi connectivity index (χ2v) is 6.13. The highest BCUT2D eigenvalue weighted by molar-refractivity contribution is 6.28. The van der Waals surface area contributed by atoms with Gasteiger partial charge in [-0.05, 0) is 36.1 Å². The summed E-state index contributed by atoms with van der Waals surface area (Å²) in [4.78, 5) is 22.5. The predicted octanol–water partition coefficient (Wildman–Crippen LogP) is 1.92. The lowest BCUT2D eigenvalue weighted by molar-refractivity contribution is 0.280. The number of rotatable bonds is 1. The van der Waals surface area contributed by atoms with Gasteiger partial charge in [-0.25, -0.2) is 9.97 Å². The van der Waals surface area contributed by atoms with E-state index in [-0.39, 0.29) is 10.8 Å². The molecule has 5 nitrogen and oxygen atoms in total. The minimum atomic E-state index is 0.112. The number of piperidine rings is 1. The fourth-order valence-corrected chi connectivity index (χ4v) is 3.73. The number of fused-ring (bicyclic) bond motifs is 4. The minimum absolute atomic E-state index is 0.112. The molecule has 0 saturated carbocycles. The molecule has 0 unspecified atom stereocenters. The van der Waals surface area contributed by atoms with Crippen molar-refractivity contribution in [1.82, 2.24) is 14.5 Å². The summed E-state index contributed by atoms with van der Waals surface area (Å²) in [5, 5.41) is 0.278. The van der Waals surface area contributed by atoms with Crippen LogP contribution in [0, 0.1) is 5.92 Å². The molecule has 108 valence electrons. The molecule has 2 aliphatic heterocycles. The number of halogens is 1. The summed E-state index contributed by atoms with van der Waals surface area (Å²) in [6, 6.07) is 7.46. The van der Waals surface area contributed by atoms with Crippen LogP contribution in [0.3, 0.4) is 0 Å².